The molecule has 28 heavy (non-hydrogen) atoms. The van der Waals surface area contributed by atoms with Crippen LogP contribution in [0.1, 0.15) is 5.56 Å². The van der Waals surface area contributed by atoms with Gasteiger partial charge in [-0.2, -0.15) is 0 Å². The minimum atomic E-state index is -0.516. The van der Waals surface area contributed by atoms with E-state index in [1.54, 1.807) is 36.4 Å². The number of carbonyl (C=O) groups is 2. The van der Waals surface area contributed by atoms with Gasteiger partial charge in [-0.3, -0.25) is 9.59 Å². The van der Waals surface area contributed by atoms with Gasteiger partial charge in [0.25, 0.3) is 5.56 Å². The highest BCUT2D eigenvalue weighted by Gasteiger charge is 2.11. The predicted molar refractivity (Wildman–Crippen MR) is 106 cm³/mol. The second-order valence-corrected chi connectivity index (χ2v) is 6.25. The molecule has 0 aliphatic heterocycles. The molecule has 0 saturated carbocycles. The van der Waals surface area contributed by atoms with E-state index in [1.807, 2.05) is 19.1 Å². The van der Waals surface area contributed by atoms with Crippen LogP contribution in [0.15, 0.2) is 59.5 Å². The van der Waals surface area contributed by atoms with E-state index in [4.69, 9.17) is 4.74 Å². The Morgan fingerprint density at radius 3 is 2.50 bits per heavy atom. The lowest BCUT2D eigenvalue weighted by Gasteiger charge is -2.11. The highest BCUT2D eigenvalue weighted by Crippen LogP contribution is 2.23. The summed E-state index contributed by atoms with van der Waals surface area (Å²) >= 11 is 0. The van der Waals surface area contributed by atoms with E-state index in [2.05, 4.69) is 10.1 Å². The molecule has 1 aromatic heterocycles. The summed E-state index contributed by atoms with van der Waals surface area (Å²) in [7, 11) is 1.27. The van der Waals surface area contributed by atoms with Crippen LogP contribution in [0.25, 0.3) is 10.8 Å². The molecule has 0 radical (unpaired) electrons. The molecule has 0 spiro atoms. The van der Waals surface area contributed by atoms with E-state index in [0.717, 1.165) is 5.56 Å². The number of rotatable bonds is 6. The minimum absolute atomic E-state index is 0.115. The summed E-state index contributed by atoms with van der Waals surface area (Å²) in [5, 5.41) is 3.73. The van der Waals surface area contributed by atoms with Crippen molar-refractivity contribution in [3.8, 4) is 5.75 Å². The van der Waals surface area contributed by atoms with Gasteiger partial charge in [-0.15, -0.1) is 0 Å². The van der Waals surface area contributed by atoms with E-state index >= 15 is 0 Å². The number of nitrogens with one attached hydrogen (secondary N) is 1. The molecule has 0 unspecified atom stereocenters. The third-order valence-electron chi connectivity index (χ3n) is 4.20. The number of amides is 1. The van der Waals surface area contributed by atoms with Crippen molar-refractivity contribution in [3.05, 3.63) is 70.6 Å². The Morgan fingerprint density at radius 1 is 1.04 bits per heavy atom. The molecule has 1 N–H and O–H groups in total. The normalized spacial score (nSPS) is 10.5. The molecular formula is C21H20N2O5. The van der Waals surface area contributed by atoms with Crippen molar-refractivity contribution in [1.29, 1.82) is 0 Å². The monoisotopic (exact) mass is 380 g/mol. The fourth-order valence-corrected chi connectivity index (χ4v) is 2.73. The maximum absolute atomic E-state index is 12.7. The molecule has 0 aliphatic carbocycles. The van der Waals surface area contributed by atoms with Crippen LogP contribution in [0.2, 0.25) is 0 Å². The van der Waals surface area contributed by atoms with Crippen LogP contribution >= 0.6 is 0 Å². The third-order valence-corrected chi connectivity index (χ3v) is 4.20. The number of carbonyl (C=O) groups excluding carboxylic acids is 2. The number of aromatic nitrogens is 1. The zero-order valence-electron chi connectivity index (χ0n) is 15.6. The maximum Gasteiger partial charge on any atom is 0.343 e. The number of benzene rings is 2. The van der Waals surface area contributed by atoms with Crippen molar-refractivity contribution in [3.63, 3.8) is 0 Å². The molecule has 3 rings (SSSR count). The lowest BCUT2D eigenvalue weighted by Crippen LogP contribution is -2.27. The largest absolute Gasteiger partial charge is 0.481 e. The summed E-state index contributed by atoms with van der Waals surface area (Å²) in [4.78, 5) is 36.3. The Balaban J connectivity index is 1.80. The van der Waals surface area contributed by atoms with Gasteiger partial charge in [-0.05, 0) is 37.3 Å². The number of nitrogens with zero attached hydrogens (tertiary/aromatic N) is 1. The second kappa shape index (κ2) is 8.39. The molecule has 3 aromatic rings. The molecule has 0 saturated heterocycles. The topological polar surface area (TPSA) is 86.6 Å². The zero-order valence-corrected chi connectivity index (χ0v) is 15.6. The number of esters is 1. The van der Waals surface area contributed by atoms with Crippen molar-refractivity contribution in [2.24, 2.45) is 0 Å². The van der Waals surface area contributed by atoms with E-state index in [-0.39, 0.29) is 24.6 Å². The zero-order chi connectivity index (χ0) is 20.1. The first-order valence-corrected chi connectivity index (χ1v) is 8.66. The predicted octanol–water partition coefficient (Wildman–Crippen LogP) is 2.50. The summed E-state index contributed by atoms with van der Waals surface area (Å²) in [5.74, 6) is -0.419. The third kappa shape index (κ3) is 4.37. The summed E-state index contributed by atoms with van der Waals surface area (Å²) in [6.07, 6.45) is 1.53. The Hall–Kier alpha value is -3.61. The first-order valence-electron chi connectivity index (χ1n) is 8.66. The van der Waals surface area contributed by atoms with E-state index in [1.165, 1.54) is 17.9 Å². The average molecular weight is 380 g/mol. The number of hydrogen-bond acceptors (Lipinski definition) is 5. The van der Waals surface area contributed by atoms with Crippen LogP contribution in [0.5, 0.6) is 5.75 Å². The van der Waals surface area contributed by atoms with Crippen molar-refractivity contribution in [2.45, 2.75) is 13.5 Å². The van der Waals surface area contributed by atoms with Gasteiger partial charge in [-0.1, -0.05) is 23.8 Å². The fourth-order valence-electron chi connectivity index (χ4n) is 2.73. The smallest absolute Gasteiger partial charge is 0.343 e. The van der Waals surface area contributed by atoms with Gasteiger partial charge in [0.05, 0.1) is 12.5 Å². The molecule has 0 aliphatic rings. The van der Waals surface area contributed by atoms with Crippen molar-refractivity contribution >= 4 is 28.3 Å². The maximum atomic E-state index is 12.7. The van der Waals surface area contributed by atoms with Crippen molar-refractivity contribution in [1.82, 2.24) is 4.57 Å². The molecule has 1 amide bonds. The van der Waals surface area contributed by atoms with Crippen molar-refractivity contribution < 1.29 is 19.1 Å². The molecule has 1 heterocycles. The minimum Gasteiger partial charge on any atom is -0.481 e. The van der Waals surface area contributed by atoms with Crippen LogP contribution in [-0.2, 0) is 20.9 Å². The number of ether oxygens (including phenoxy) is 2. The summed E-state index contributed by atoms with van der Waals surface area (Å²) in [6.45, 7) is 1.59. The number of fused-ring (bicyclic) bond motifs is 1. The van der Waals surface area contributed by atoms with Crippen LogP contribution in [0, 0.1) is 6.92 Å². The molecule has 0 bridgehead atoms. The van der Waals surface area contributed by atoms with Crippen molar-refractivity contribution in [2.75, 3.05) is 19.0 Å². The van der Waals surface area contributed by atoms with E-state index in [0.29, 0.717) is 22.2 Å². The number of anilines is 1. The Morgan fingerprint density at radius 2 is 1.79 bits per heavy atom. The molecule has 7 heteroatoms. The van der Waals surface area contributed by atoms with Gasteiger partial charge in [-0.25, -0.2) is 4.79 Å². The van der Waals surface area contributed by atoms with E-state index in [9.17, 15) is 14.4 Å². The number of aryl methyl sites for hydroxylation is 1. The molecule has 7 nitrogen and oxygen atoms in total. The first kappa shape index (κ1) is 19.2. The lowest BCUT2D eigenvalue weighted by molar-refractivity contribution is -0.142. The summed E-state index contributed by atoms with van der Waals surface area (Å²) in [6, 6.07) is 14.1. The molecule has 144 valence electrons. The number of methoxy groups -OCH3 is 1. The number of hydrogen-bond donors (Lipinski definition) is 1. The van der Waals surface area contributed by atoms with Gasteiger partial charge >= 0.3 is 5.97 Å². The fraction of sp³-hybridized carbons (Fsp3) is 0.190. The van der Waals surface area contributed by atoms with Crippen LogP contribution in [0.3, 0.4) is 0 Å². The quantitative estimate of drug-likeness (QED) is 0.664. The molecule has 0 atom stereocenters. The summed E-state index contributed by atoms with van der Waals surface area (Å²) < 4.78 is 11.3. The van der Waals surface area contributed by atoms with Gasteiger partial charge in [0.1, 0.15) is 12.3 Å². The SMILES string of the molecule is COC(=O)COc1cccc2c(=O)n(CC(=O)Nc3ccc(C)cc3)ccc12. The second-order valence-electron chi connectivity index (χ2n) is 6.25. The molecule has 2 aromatic carbocycles. The van der Waals surface area contributed by atoms with Gasteiger partial charge < -0.3 is 19.4 Å². The number of pyridine rings is 1. The van der Waals surface area contributed by atoms with Crippen LogP contribution in [-0.4, -0.2) is 30.2 Å². The van der Waals surface area contributed by atoms with Crippen LogP contribution in [0.4, 0.5) is 5.69 Å². The average Bonchev–Trinajstić information content (AvgIpc) is 2.70. The van der Waals surface area contributed by atoms with Gasteiger partial charge in [0.15, 0.2) is 6.61 Å². The van der Waals surface area contributed by atoms with Crippen LogP contribution < -0.4 is 15.6 Å². The summed E-state index contributed by atoms with van der Waals surface area (Å²) in [5.41, 5.74) is 1.44. The Bertz CT molecular complexity index is 1070. The Kier molecular flexibility index (Phi) is 5.74. The Labute approximate surface area is 161 Å². The van der Waals surface area contributed by atoms with E-state index < -0.39 is 5.97 Å². The molecule has 0 fully saturated rings. The van der Waals surface area contributed by atoms with Gasteiger partial charge in [0.2, 0.25) is 5.91 Å². The molecular weight excluding hydrogens is 360 g/mol. The first-order chi connectivity index (χ1) is 13.5. The standard InChI is InChI=1S/C21H20N2O5/c1-14-6-8-15(9-7-14)22-19(24)12-23-11-10-16-17(21(23)26)4-3-5-18(16)28-13-20(25)27-2/h3-11H,12-13H2,1-2H3,(H,22,24). The highest BCUT2D eigenvalue weighted by molar-refractivity contribution is 5.91. The van der Waals surface area contributed by atoms with Gasteiger partial charge in [0, 0.05) is 17.3 Å². The highest BCUT2D eigenvalue weighted by atomic mass is 16.6. The lowest BCUT2D eigenvalue weighted by atomic mass is 10.1.